The van der Waals surface area contributed by atoms with Gasteiger partial charge in [0.1, 0.15) is 29.4 Å². The van der Waals surface area contributed by atoms with Gasteiger partial charge in [0.25, 0.3) is 5.91 Å². The molecule has 268 valence electrons. The number of aryl methyl sites for hydroxylation is 1. The van der Waals surface area contributed by atoms with Gasteiger partial charge in [0, 0.05) is 59.2 Å². The van der Waals surface area contributed by atoms with Crippen LogP contribution in [0.3, 0.4) is 0 Å². The molecule has 1 saturated heterocycles. The lowest BCUT2D eigenvalue weighted by Gasteiger charge is -2.36. The Morgan fingerprint density at radius 2 is 2.04 bits per heavy atom. The summed E-state index contributed by atoms with van der Waals surface area (Å²) in [6.07, 6.45) is 0.959. The number of methoxy groups -OCH3 is 1. The van der Waals surface area contributed by atoms with Crippen molar-refractivity contribution in [1.29, 1.82) is 0 Å². The van der Waals surface area contributed by atoms with E-state index in [1.165, 1.54) is 23.3 Å². The Kier molecular flexibility index (Phi) is 10.7. The molecule has 1 aromatic carbocycles. The van der Waals surface area contributed by atoms with Crippen molar-refractivity contribution < 1.29 is 28.2 Å². The number of hydrogen-bond donors (Lipinski definition) is 2. The Balaban J connectivity index is 1.54. The Labute approximate surface area is 296 Å². The third-order valence-corrected chi connectivity index (χ3v) is 10.4. The number of hydrogen-bond acceptors (Lipinski definition) is 10. The number of cyclic esters (lactones) is 1. The Morgan fingerprint density at radius 1 is 1.24 bits per heavy atom. The van der Waals surface area contributed by atoms with Gasteiger partial charge in [-0.05, 0) is 69.9 Å². The first-order valence-electron chi connectivity index (χ1n) is 17.3. The van der Waals surface area contributed by atoms with Gasteiger partial charge in [0.15, 0.2) is 0 Å². The first kappa shape index (κ1) is 36.1. The SMILES string of the molecule is CCn1c(-c2cccnc2[C@H](C)OC)c2c3cc(ccc31)-c1csc(n1)C(OC[C@@H](C)F)[C@H](N)C(=O)N1CCC[C@H](N1)C(=O)OCC(C)(C)C2. The summed E-state index contributed by atoms with van der Waals surface area (Å²) < 4.78 is 34.0. The number of benzene rings is 1. The van der Waals surface area contributed by atoms with Crippen LogP contribution in [0, 0.1) is 5.41 Å². The quantitative estimate of drug-likeness (QED) is 0.225. The second kappa shape index (κ2) is 14.8. The number of nitrogens with one attached hydrogen (secondary N) is 1. The molecule has 3 N–H and O–H groups in total. The number of carbonyl (C=O) groups is 2. The number of pyridine rings is 1. The van der Waals surface area contributed by atoms with Crippen molar-refractivity contribution >= 4 is 34.1 Å². The molecule has 5 atom stereocenters. The number of thiazole rings is 1. The van der Waals surface area contributed by atoms with Crippen molar-refractivity contribution in [2.45, 2.75) is 90.9 Å². The molecule has 1 amide bonds. The fourth-order valence-electron chi connectivity index (χ4n) is 6.89. The second-order valence-corrected chi connectivity index (χ2v) is 14.9. The minimum atomic E-state index is -1.27. The number of amides is 1. The molecular weight excluding hydrogens is 660 g/mol. The zero-order valence-electron chi connectivity index (χ0n) is 29.6. The van der Waals surface area contributed by atoms with Crippen LogP contribution in [0.15, 0.2) is 41.9 Å². The summed E-state index contributed by atoms with van der Waals surface area (Å²) in [7, 11) is 1.68. The molecule has 5 heterocycles. The van der Waals surface area contributed by atoms with E-state index in [1.807, 2.05) is 24.4 Å². The zero-order chi connectivity index (χ0) is 35.7. The number of rotatable bonds is 7. The number of ether oxygens (including phenoxy) is 3. The van der Waals surface area contributed by atoms with Gasteiger partial charge >= 0.3 is 5.97 Å². The van der Waals surface area contributed by atoms with Crippen LogP contribution in [0.5, 0.6) is 0 Å². The molecule has 0 aliphatic carbocycles. The standard InChI is InChI=1S/C37H47FN6O5S/c1-7-43-29-13-12-23-16-25(29)26(32(43)24-10-8-14-40-31(24)22(3)47-6)17-37(4,5)20-49-36(46)27-11-9-15-44(42-27)35(45)30(39)33(48-18-21(2)38)34-41-28(23)19-50-34/h8,10,12-14,16,19,21-22,27,30,33,42H,7,9,11,15,17-18,20,39H2,1-6H3/t21-,22+,27+,30+,33?/m1/s1. The minimum Gasteiger partial charge on any atom is -0.464 e. The second-order valence-electron chi connectivity index (χ2n) is 14.0. The highest BCUT2D eigenvalue weighted by Gasteiger charge is 2.38. The maximum atomic E-state index is 14.0. The van der Waals surface area contributed by atoms with Gasteiger partial charge in [-0.1, -0.05) is 19.9 Å². The highest BCUT2D eigenvalue weighted by atomic mass is 32.1. The first-order valence-corrected chi connectivity index (χ1v) is 18.1. The van der Waals surface area contributed by atoms with Crippen molar-refractivity contribution in [1.82, 2.24) is 25.0 Å². The van der Waals surface area contributed by atoms with E-state index in [2.05, 4.69) is 49.0 Å². The normalized spacial score (nSPS) is 22.6. The number of alkyl halides is 1. The molecule has 1 fully saturated rings. The number of aromatic nitrogens is 3. The van der Waals surface area contributed by atoms with E-state index in [4.69, 9.17) is 29.9 Å². The van der Waals surface area contributed by atoms with Gasteiger partial charge in [-0.15, -0.1) is 11.3 Å². The van der Waals surface area contributed by atoms with E-state index < -0.39 is 41.7 Å². The predicted octanol–water partition coefficient (Wildman–Crippen LogP) is 5.92. The van der Waals surface area contributed by atoms with Gasteiger partial charge in [-0.3, -0.25) is 19.6 Å². The van der Waals surface area contributed by atoms with Crippen LogP contribution in [0.4, 0.5) is 4.39 Å². The lowest BCUT2D eigenvalue weighted by Crippen LogP contribution is -2.60. The zero-order valence-corrected chi connectivity index (χ0v) is 30.4. The highest BCUT2D eigenvalue weighted by molar-refractivity contribution is 7.10. The molecule has 2 aliphatic rings. The summed E-state index contributed by atoms with van der Waals surface area (Å²) in [5.41, 5.74) is 15.7. The molecule has 0 saturated carbocycles. The summed E-state index contributed by atoms with van der Waals surface area (Å²) in [6.45, 7) is 10.7. The average Bonchev–Trinajstić information content (AvgIpc) is 3.72. The molecule has 1 unspecified atom stereocenters. The monoisotopic (exact) mass is 706 g/mol. The largest absolute Gasteiger partial charge is 0.464 e. The lowest BCUT2D eigenvalue weighted by molar-refractivity contribution is -0.155. The Hall–Kier alpha value is -3.75. The van der Waals surface area contributed by atoms with Crippen LogP contribution in [0.2, 0.25) is 0 Å². The van der Waals surface area contributed by atoms with E-state index in [1.54, 1.807) is 13.3 Å². The summed E-state index contributed by atoms with van der Waals surface area (Å²) in [6, 6.07) is 8.41. The number of esters is 1. The molecular formula is C37H47FN6O5S. The molecule has 6 rings (SSSR count). The van der Waals surface area contributed by atoms with Gasteiger partial charge in [-0.25, -0.2) is 14.8 Å². The number of nitrogens with two attached hydrogens (primary N) is 1. The topological polar surface area (TPSA) is 134 Å². The molecule has 6 bridgehead atoms. The molecule has 0 spiro atoms. The van der Waals surface area contributed by atoms with Crippen molar-refractivity contribution in [2.75, 3.05) is 26.9 Å². The van der Waals surface area contributed by atoms with E-state index in [-0.39, 0.29) is 19.3 Å². The third-order valence-electron chi connectivity index (χ3n) is 9.49. The van der Waals surface area contributed by atoms with Crippen LogP contribution in [-0.4, -0.2) is 76.5 Å². The number of fused-ring (bicyclic) bond motifs is 6. The molecule has 2 aliphatic heterocycles. The Morgan fingerprint density at radius 3 is 2.78 bits per heavy atom. The molecule has 11 nitrogen and oxygen atoms in total. The van der Waals surface area contributed by atoms with E-state index >= 15 is 0 Å². The van der Waals surface area contributed by atoms with Gasteiger partial charge in [0.05, 0.1) is 36.4 Å². The summed E-state index contributed by atoms with van der Waals surface area (Å²) in [5, 5.41) is 4.80. The number of carbonyl (C=O) groups excluding carboxylic acids is 2. The molecule has 3 aromatic heterocycles. The number of hydrazine groups is 1. The average molecular weight is 707 g/mol. The molecule has 4 aromatic rings. The van der Waals surface area contributed by atoms with Crippen LogP contribution >= 0.6 is 11.3 Å². The molecule has 50 heavy (non-hydrogen) atoms. The number of halogens is 1. The van der Waals surface area contributed by atoms with Crippen molar-refractivity contribution in [2.24, 2.45) is 11.1 Å². The van der Waals surface area contributed by atoms with Gasteiger partial charge < -0.3 is 24.5 Å². The van der Waals surface area contributed by atoms with Crippen molar-refractivity contribution in [3.05, 3.63) is 58.2 Å². The van der Waals surface area contributed by atoms with Crippen LogP contribution < -0.4 is 11.2 Å². The van der Waals surface area contributed by atoms with Crippen molar-refractivity contribution in [3.8, 4) is 22.5 Å². The van der Waals surface area contributed by atoms with E-state index in [0.717, 1.165) is 39.0 Å². The highest BCUT2D eigenvalue weighted by Crippen LogP contribution is 2.42. The van der Waals surface area contributed by atoms with E-state index in [9.17, 15) is 14.0 Å². The minimum absolute atomic E-state index is 0.163. The predicted molar refractivity (Wildman–Crippen MR) is 191 cm³/mol. The van der Waals surface area contributed by atoms with Gasteiger partial charge in [0.2, 0.25) is 0 Å². The summed E-state index contributed by atoms with van der Waals surface area (Å²) in [5.74, 6) is -0.898. The fraction of sp³-hybridized carbons (Fsp3) is 0.514. The Bertz CT molecular complexity index is 1860. The maximum Gasteiger partial charge on any atom is 0.324 e. The van der Waals surface area contributed by atoms with Crippen LogP contribution in [0.25, 0.3) is 33.4 Å². The van der Waals surface area contributed by atoms with Crippen molar-refractivity contribution in [3.63, 3.8) is 0 Å². The van der Waals surface area contributed by atoms with Crippen LogP contribution in [-0.2, 0) is 36.8 Å². The van der Waals surface area contributed by atoms with Gasteiger partial charge in [-0.2, -0.15) is 0 Å². The van der Waals surface area contributed by atoms with Crippen LogP contribution in [0.1, 0.15) is 75.9 Å². The number of nitrogens with zero attached hydrogens (tertiary/aromatic N) is 4. The smallest absolute Gasteiger partial charge is 0.324 e. The summed E-state index contributed by atoms with van der Waals surface area (Å²) >= 11 is 1.32. The lowest BCUT2D eigenvalue weighted by atomic mass is 9.84. The van der Waals surface area contributed by atoms with E-state index in [0.29, 0.717) is 43.1 Å². The first-order chi connectivity index (χ1) is 23.9. The summed E-state index contributed by atoms with van der Waals surface area (Å²) in [4.78, 5) is 36.9. The maximum absolute atomic E-state index is 14.0. The third kappa shape index (κ3) is 7.20. The fourth-order valence-corrected chi connectivity index (χ4v) is 7.81. The molecule has 13 heteroatoms. The molecule has 0 radical (unpaired) electrons.